The minimum absolute atomic E-state index is 0.155. The molecule has 0 aromatic carbocycles. The molecular formula is C29H46O2. The van der Waals surface area contributed by atoms with E-state index in [4.69, 9.17) is 0 Å². The van der Waals surface area contributed by atoms with E-state index >= 15 is 0 Å². The number of aliphatic hydroxyl groups excluding tert-OH is 1. The molecule has 0 heterocycles. The molecule has 0 aliphatic heterocycles. The van der Waals surface area contributed by atoms with Crippen LogP contribution in [0, 0.1) is 45.8 Å². The molecule has 31 heavy (non-hydrogen) atoms. The first kappa shape index (κ1) is 23.3. The third-order valence-corrected chi connectivity index (χ3v) is 10.6. The Kier molecular flexibility index (Phi) is 5.90. The molecule has 174 valence electrons. The smallest absolute Gasteiger partial charge is 0.142 e. The average molecular weight is 427 g/mol. The molecule has 3 saturated carbocycles. The van der Waals surface area contributed by atoms with Crippen molar-refractivity contribution < 1.29 is 9.90 Å². The average Bonchev–Trinajstić information content (AvgIpc) is 2.95. The number of aliphatic hydroxyl groups is 1. The lowest BCUT2D eigenvalue weighted by atomic mass is 9.44. The largest absolute Gasteiger partial charge is 0.393 e. The van der Waals surface area contributed by atoms with Crippen LogP contribution in [0.1, 0.15) is 99.8 Å². The van der Waals surface area contributed by atoms with Gasteiger partial charge in [-0.3, -0.25) is 4.79 Å². The maximum Gasteiger partial charge on any atom is 0.142 e. The molecule has 4 aliphatic carbocycles. The third-order valence-electron chi connectivity index (χ3n) is 10.6. The molecule has 0 radical (unpaired) electrons. The van der Waals surface area contributed by atoms with Crippen molar-refractivity contribution in [1.29, 1.82) is 0 Å². The third kappa shape index (κ3) is 3.51. The predicted octanol–water partition coefficient (Wildman–Crippen LogP) is 7.12. The van der Waals surface area contributed by atoms with Crippen LogP contribution in [0.5, 0.6) is 0 Å². The number of carbonyl (C=O) groups is 1. The summed E-state index contributed by atoms with van der Waals surface area (Å²) in [5, 5.41) is 11.3. The summed E-state index contributed by atoms with van der Waals surface area (Å²) >= 11 is 0. The monoisotopic (exact) mass is 426 g/mol. The number of Topliss-reactive ketones (excluding diaryl/α,β-unsaturated/α-hetero) is 1. The fourth-order valence-corrected chi connectivity index (χ4v) is 9.11. The van der Waals surface area contributed by atoms with Crippen LogP contribution in [0.2, 0.25) is 0 Å². The van der Waals surface area contributed by atoms with Crippen LogP contribution in [0.15, 0.2) is 23.3 Å². The first-order valence-electron chi connectivity index (χ1n) is 13.0. The quantitative estimate of drug-likeness (QED) is 0.486. The van der Waals surface area contributed by atoms with Crippen LogP contribution >= 0.6 is 0 Å². The summed E-state index contributed by atoms with van der Waals surface area (Å²) in [6.45, 7) is 16.1. The summed E-state index contributed by atoms with van der Waals surface area (Å²) in [4.78, 5) is 12.7. The molecule has 8 atom stereocenters. The molecule has 2 heteroatoms. The van der Waals surface area contributed by atoms with Crippen molar-refractivity contribution in [2.24, 2.45) is 45.8 Å². The Morgan fingerprint density at radius 3 is 2.58 bits per heavy atom. The van der Waals surface area contributed by atoms with Crippen LogP contribution < -0.4 is 0 Å². The fraction of sp³-hybridized carbons (Fsp3) is 0.828. The van der Waals surface area contributed by atoms with Crippen molar-refractivity contribution in [1.82, 2.24) is 0 Å². The van der Waals surface area contributed by atoms with Crippen LogP contribution in [-0.2, 0) is 4.79 Å². The summed E-state index contributed by atoms with van der Waals surface area (Å²) in [5.74, 6) is 3.37. The number of fused-ring (bicyclic) bond motifs is 5. The number of carbonyl (C=O) groups excluding carboxylic acids is 1. The van der Waals surface area contributed by atoms with Crippen molar-refractivity contribution in [2.75, 3.05) is 0 Å². The van der Waals surface area contributed by atoms with Crippen molar-refractivity contribution in [3.63, 3.8) is 0 Å². The number of hydrogen-bond donors (Lipinski definition) is 1. The van der Waals surface area contributed by atoms with Gasteiger partial charge in [-0.2, -0.15) is 0 Å². The van der Waals surface area contributed by atoms with Gasteiger partial charge < -0.3 is 5.11 Å². The molecule has 0 aromatic rings. The highest BCUT2D eigenvalue weighted by Gasteiger charge is 2.63. The minimum atomic E-state index is -0.296. The van der Waals surface area contributed by atoms with E-state index in [0.29, 0.717) is 35.4 Å². The lowest BCUT2D eigenvalue weighted by Gasteiger charge is -2.60. The van der Waals surface area contributed by atoms with E-state index in [0.717, 1.165) is 32.1 Å². The molecule has 4 aliphatic rings. The molecule has 0 aromatic heterocycles. The van der Waals surface area contributed by atoms with Gasteiger partial charge >= 0.3 is 0 Å². The molecule has 3 fully saturated rings. The van der Waals surface area contributed by atoms with E-state index in [9.17, 15) is 9.90 Å². The topological polar surface area (TPSA) is 37.3 Å². The van der Waals surface area contributed by atoms with Crippen molar-refractivity contribution in [3.05, 3.63) is 23.3 Å². The van der Waals surface area contributed by atoms with E-state index in [1.165, 1.54) is 30.4 Å². The zero-order valence-electron chi connectivity index (χ0n) is 21.1. The van der Waals surface area contributed by atoms with Gasteiger partial charge in [0.1, 0.15) is 5.78 Å². The lowest BCUT2D eigenvalue weighted by Crippen LogP contribution is -2.53. The molecule has 0 bridgehead atoms. The number of rotatable bonds is 4. The van der Waals surface area contributed by atoms with Crippen LogP contribution in [0.3, 0.4) is 0 Å². The molecule has 0 amide bonds. The second kappa shape index (κ2) is 7.86. The van der Waals surface area contributed by atoms with E-state index in [2.05, 4.69) is 60.6 Å². The van der Waals surface area contributed by atoms with Gasteiger partial charge in [0.05, 0.1) is 6.10 Å². The normalized spacial score (nSPS) is 44.6. The first-order chi connectivity index (χ1) is 14.4. The Balaban J connectivity index is 1.60. The van der Waals surface area contributed by atoms with E-state index in [-0.39, 0.29) is 22.3 Å². The number of hydrogen-bond acceptors (Lipinski definition) is 2. The highest BCUT2D eigenvalue weighted by molar-refractivity contribution is 5.89. The van der Waals surface area contributed by atoms with Gasteiger partial charge in [0.15, 0.2) is 0 Å². The van der Waals surface area contributed by atoms with Crippen LogP contribution in [0.25, 0.3) is 0 Å². The van der Waals surface area contributed by atoms with Crippen molar-refractivity contribution in [2.45, 2.75) is 106 Å². The number of ketones is 1. The van der Waals surface area contributed by atoms with E-state index in [1.807, 2.05) is 0 Å². The van der Waals surface area contributed by atoms with Gasteiger partial charge in [0.2, 0.25) is 0 Å². The first-order valence-corrected chi connectivity index (χ1v) is 13.0. The zero-order valence-corrected chi connectivity index (χ0v) is 21.1. The maximum atomic E-state index is 12.7. The van der Waals surface area contributed by atoms with E-state index < -0.39 is 0 Å². The summed E-state index contributed by atoms with van der Waals surface area (Å²) in [5.41, 5.74) is 2.96. The summed E-state index contributed by atoms with van der Waals surface area (Å²) < 4.78 is 0. The minimum Gasteiger partial charge on any atom is -0.393 e. The second-order valence-electron chi connectivity index (χ2n) is 12.9. The summed E-state index contributed by atoms with van der Waals surface area (Å²) in [7, 11) is 0. The molecule has 1 N–H and O–H groups in total. The van der Waals surface area contributed by atoms with Gasteiger partial charge in [0.25, 0.3) is 0 Å². The van der Waals surface area contributed by atoms with Gasteiger partial charge in [-0.1, -0.05) is 44.1 Å². The fourth-order valence-electron chi connectivity index (χ4n) is 9.11. The molecule has 0 unspecified atom stereocenters. The van der Waals surface area contributed by atoms with Gasteiger partial charge in [0, 0.05) is 11.8 Å². The number of allylic oxidation sites excluding steroid dienone is 4. The predicted molar refractivity (Wildman–Crippen MR) is 129 cm³/mol. The van der Waals surface area contributed by atoms with Crippen molar-refractivity contribution in [3.8, 4) is 0 Å². The second-order valence-corrected chi connectivity index (χ2v) is 12.9. The SMILES string of the molecule is CC(C)=CCC[C@@H](C)[C@H]1[C@H](O)C[C@H]2[C@@H]3CC=C4C(C)(C)C(=O)CC[C@]4(C)[C@H]3CC[C@]12C. The van der Waals surface area contributed by atoms with Crippen molar-refractivity contribution >= 4 is 5.78 Å². The van der Waals surface area contributed by atoms with Gasteiger partial charge in [-0.25, -0.2) is 0 Å². The molecular weight excluding hydrogens is 380 g/mol. The summed E-state index contributed by atoms with van der Waals surface area (Å²) in [6, 6.07) is 0. The highest BCUT2D eigenvalue weighted by Crippen LogP contribution is 2.68. The zero-order chi connectivity index (χ0) is 22.8. The van der Waals surface area contributed by atoms with Gasteiger partial charge in [-0.15, -0.1) is 0 Å². The molecule has 2 nitrogen and oxygen atoms in total. The Labute approximate surface area is 191 Å². The Morgan fingerprint density at radius 2 is 1.90 bits per heavy atom. The van der Waals surface area contributed by atoms with Gasteiger partial charge in [-0.05, 0) is 113 Å². The van der Waals surface area contributed by atoms with Crippen LogP contribution in [0.4, 0.5) is 0 Å². The Morgan fingerprint density at radius 1 is 1.19 bits per heavy atom. The lowest BCUT2D eigenvalue weighted by molar-refractivity contribution is -0.132. The van der Waals surface area contributed by atoms with Crippen LogP contribution in [-0.4, -0.2) is 17.0 Å². The molecule has 0 spiro atoms. The molecule has 4 rings (SSSR count). The Bertz CT molecular complexity index is 785. The van der Waals surface area contributed by atoms with E-state index in [1.54, 1.807) is 0 Å². The standard InChI is InChI=1S/C29H46O2/c1-18(2)9-8-10-19(3)26-23(30)17-22-20-11-12-24-27(4,5)25(31)14-16-28(24,6)21(20)13-15-29(22,26)7/h9,12,19-23,26,30H,8,10-11,13-17H2,1-7H3/t19-,20-,21+,22+,23-,26+,28-,29+/m1/s1. The Hall–Kier alpha value is -0.890. The molecule has 0 saturated heterocycles. The maximum absolute atomic E-state index is 12.7. The highest BCUT2D eigenvalue weighted by atomic mass is 16.3. The summed E-state index contributed by atoms with van der Waals surface area (Å²) in [6.07, 6.45) is 13.3.